The summed E-state index contributed by atoms with van der Waals surface area (Å²) in [5.74, 6) is 0.0112. The molecule has 0 aliphatic carbocycles. The van der Waals surface area contributed by atoms with Gasteiger partial charge >= 0.3 is 12.1 Å². The van der Waals surface area contributed by atoms with E-state index in [9.17, 15) is 9.59 Å². The van der Waals surface area contributed by atoms with Gasteiger partial charge < -0.3 is 10.0 Å². The lowest BCUT2D eigenvalue weighted by molar-refractivity contribution is 0.208. The third-order valence-corrected chi connectivity index (χ3v) is 3.14. The molecule has 7 heteroatoms. The Kier molecular flexibility index (Phi) is 4.42. The fourth-order valence-corrected chi connectivity index (χ4v) is 2.06. The molecule has 0 bridgehead atoms. The van der Waals surface area contributed by atoms with Gasteiger partial charge in [-0.25, -0.2) is 19.1 Å². The topological polar surface area (TPSA) is 87.5 Å². The van der Waals surface area contributed by atoms with E-state index in [0.29, 0.717) is 17.6 Å². The minimum atomic E-state index is -1.25. The van der Waals surface area contributed by atoms with Crippen LogP contribution in [0.4, 0.5) is 15.5 Å². The fraction of sp³-hybridized carbons (Fsp3) is 0.357. The van der Waals surface area contributed by atoms with E-state index in [1.165, 1.54) is 4.57 Å². The maximum atomic E-state index is 12.5. The highest BCUT2D eigenvalue weighted by Crippen LogP contribution is 2.20. The lowest BCUT2D eigenvalue weighted by Crippen LogP contribution is -2.33. The van der Waals surface area contributed by atoms with Crippen molar-refractivity contribution in [3.8, 4) is 0 Å². The molecule has 0 fully saturated rings. The van der Waals surface area contributed by atoms with Crippen molar-refractivity contribution in [3.63, 3.8) is 0 Å². The molecule has 2 amide bonds. The van der Waals surface area contributed by atoms with Crippen molar-refractivity contribution < 1.29 is 14.7 Å². The third-order valence-electron chi connectivity index (χ3n) is 3.14. The van der Waals surface area contributed by atoms with Gasteiger partial charge in [0.2, 0.25) is 5.95 Å². The van der Waals surface area contributed by atoms with Crippen LogP contribution in [0.1, 0.15) is 19.8 Å². The standard InChI is InChI=1S/C14H18N4O3/c1-3-4-9-17(2)14(21)18-11-8-6-5-7-10(11)15-12(18)16-13(19)20/h5-8H,3-4,9H2,1-2H3,(H,15,16)(H,19,20). The number of para-hydroxylation sites is 2. The summed E-state index contributed by atoms with van der Waals surface area (Å²) < 4.78 is 1.29. The minimum absolute atomic E-state index is 0.0112. The number of fused-ring (bicyclic) bond motifs is 1. The summed E-state index contributed by atoms with van der Waals surface area (Å²) in [4.78, 5) is 29.1. The van der Waals surface area contributed by atoms with Crippen molar-refractivity contribution in [1.82, 2.24) is 14.5 Å². The van der Waals surface area contributed by atoms with Gasteiger partial charge in [0.15, 0.2) is 0 Å². The van der Waals surface area contributed by atoms with Gasteiger partial charge in [0.25, 0.3) is 0 Å². The minimum Gasteiger partial charge on any atom is -0.465 e. The van der Waals surface area contributed by atoms with Crippen LogP contribution in [0.3, 0.4) is 0 Å². The number of hydrogen-bond donors (Lipinski definition) is 2. The number of imidazole rings is 1. The number of hydrogen-bond acceptors (Lipinski definition) is 3. The van der Waals surface area contributed by atoms with Crippen molar-refractivity contribution >= 4 is 29.1 Å². The van der Waals surface area contributed by atoms with Crippen LogP contribution in [0.2, 0.25) is 0 Å². The van der Waals surface area contributed by atoms with Crippen LogP contribution in [0.25, 0.3) is 11.0 Å². The number of aromatic nitrogens is 2. The summed E-state index contributed by atoms with van der Waals surface area (Å²) in [6.45, 7) is 2.65. The predicted molar refractivity (Wildman–Crippen MR) is 79.7 cm³/mol. The van der Waals surface area contributed by atoms with Crippen LogP contribution in [0.15, 0.2) is 24.3 Å². The Morgan fingerprint density at radius 1 is 1.38 bits per heavy atom. The molecule has 1 heterocycles. The molecule has 0 unspecified atom stereocenters. The summed E-state index contributed by atoms with van der Waals surface area (Å²) in [5.41, 5.74) is 1.15. The first-order chi connectivity index (χ1) is 10.0. The van der Waals surface area contributed by atoms with Crippen molar-refractivity contribution in [2.75, 3.05) is 18.9 Å². The highest BCUT2D eigenvalue weighted by atomic mass is 16.4. The second-order valence-corrected chi connectivity index (χ2v) is 4.75. The molecule has 0 aliphatic heterocycles. The molecule has 1 aromatic carbocycles. The summed E-state index contributed by atoms with van der Waals surface area (Å²) in [7, 11) is 1.69. The summed E-state index contributed by atoms with van der Waals surface area (Å²) in [6, 6.07) is 6.74. The molecule has 0 atom stereocenters. The Hall–Kier alpha value is -2.57. The Labute approximate surface area is 122 Å². The number of carbonyl (C=O) groups is 2. The van der Waals surface area contributed by atoms with E-state index in [4.69, 9.17) is 5.11 Å². The molecule has 2 N–H and O–H groups in total. The number of nitrogens with zero attached hydrogens (tertiary/aromatic N) is 3. The maximum absolute atomic E-state index is 12.5. The molecule has 0 saturated carbocycles. The van der Waals surface area contributed by atoms with Gasteiger partial charge in [-0.15, -0.1) is 0 Å². The molecule has 21 heavy (non-hydrogen) atoms. The molecule has 0 saturated heterocycles. The smallest absolute Gasteiger partial charge is 0.411 e. The van der Waals surface area contributed by atoms with Crippen molar-refractivity contribution in [2.24, 2.45) is 0 Å². The van der Waals surface area contributed by atoms with E-state index >= 15 is 0 Å². The first kappa shape index (κ1) is 14.8. The van der Waals surface area contributed by atoms with Gasteiger partial charge in [-0.2, -0.15) is 0 Å². The van der Waals surface area contributed by atoms with E-state index < -0.39 is 6.09 Å². The number of anilines is 1. The van der Waals surface area contributed by atoms with Crippen LogP contribution in [0.5, 0.6) is 0 Å². The van der Waals surface area contributed by atoms with Gasteiger partial charge in [0, 0.05) is 13.6 Å². The molecule has 0 spiro atoms. The third kappa shape index (κ3) is 3.13. The number of carboxylic acid groups (broad SMARTS) is 1. The Bertz CT molecular complexity index is 665. The second-order valence-electron chi connectivity index (χ2n) is 4.75. The van der Waals surface area contributed by atoms with Gasteiger partial charge in [0.05, 0.1) is 11.0 Å². The molecule has 1 aromatic heterocycles. The van der Waals surface area contributed by atoms with Crippen LogP contribution >= 0.6 is 0 Å². The summed E-state index contributed by atoms with van der Waals surface area (Å²) >= 11 is 0. The molecule has 7 nitrogen and oxygen atoms in total. The molecule has 0 radical (unpaired) electrons. The van der Waals surface area contributed by atoms with E-state index in [0.717, 1.165) is 12.8 Å². The predicted octanol–water partition coefficient (Wildman–Crippen LogP) is 2.83. The zero-order chi connectivity index (χ0) is 15.4. The van der Waals surface area contributed by atoms with E-state index in [1.807, 2.05) is 6.92 Å². The Morgan fingerprint density at radius 3 is 2.76 bits per heavy atom. The fourth-order valence-electron chi connectivity index (χ4n) is 2.06. The average molecular weight is 290 g/mol. The molecule has 0 aliphatic rings. The number of carbonyl (C=O) groups excluding carboxylic acids is 1. The molecular formula is C14H18N4O3. The van der Waals surface area contributed by atoms with Crippen LogP contribution < -0.4 is 5.32 Å². The largest absolute Gasteiger partial charge is 0.465 e. The zero-order valence-corrected chi connectivity index (χ0v) is 12.0. The number of amides is 2. The van der Waals surface area contributed by atoms with Crippen LogP contribution in [-0.2, 0) is 0 Å². The normalized spacial score (nSPS) is 10.6. The highest BCUT2D eigenvalue weighted by Gasteiger charge is 2.20. The molecule has 2 aromatic rings. The van der Waals surface area contributed by atoms with Crippen LogP contribution in [-0.4, -0.2) is 45.3 Å². The highest BCUT2D eigenvalue weighted by molar-refractivity contribution is 5.95. The summed E-state index contributed by atoms with van der Waals surface area (Å²) in [5, 5.41) is 11.1. The lowest BCUT2D eigenvalue weighted by Gasteiger charge is -2.18. The summed E-state index contributed by atoms with van der Waals surface area (Å²) in [6.07, 6.45) is 0.606. The number of rotatable bonds is 4. The maximum Gasteiger partial charge on any atom is 0.411 e. The van der Waals surface area contributed by atoms with Gasteiger partial charge in [-0.05, 0) is 18.6 Å². The lowest BCUT2D eigenvalue weighted by atomic mass is 10.3. The first-order valence-corrected chi connectivity index (χ1v) is 6.77. The second kappa shape index (κ2) is 6.25. The van der Waals surface area contributed by atoms with Crippen molar-refractivity contribution in [2.45, 2.75) is 19.8 Å². The van der Waals surface area contributed by atoms with Gasteiger partial charge in [-0.1, -0.05) is 25.5 Å². The quantitative estimate of drug-likeness (QED) is 0.906. The van der Waals surface area contributed by atoms with Crippen molar-refractivity contribution in [3.05, 3.63) is 24.3 Å². The Morgan fingerprint density at radius 2 is 2.10 bits per heavy atom. The SMILES string of the molecule is CCCCN(C)C(=O)n1c(NC(=O)O)nc2ccccc21. The number of benzene rings is 1. The van der Waals surface area contributed by atoms with E-state index in [-0.39, 0.29) is 12.0 Å². The Balaban J connectivity index is 2.44. The monoisotopic (exact) mass is 290 g/mol. The first-order valence-electron chi connectivity index (χ1n) is 6.77. The van der Waals surface area contributed by atoms with Crippen LogP contribution in [0, 0.1) is 0 Å². The molecule has 112 valence electrons. The average Bonchev–Trinajstić information content (AvgIpc) is 2.80. The number of unbranched alkanes of at least 4 members (excludes halogenated alkanes) is 1. The van der Waals surface area contributed by atoms with E-state index in [2.05, 4.69) is 10.3 Å². The molecular weight excluding hydrogens is 272 g/mol. The van der Waals surface area contributed by atoms with Gasteiger partial charge in [0.1, 0.15) is 0 Å². The van der Waals surface area contributed by atoms with Gasteiger partial charge in [-0.3, -0.25) is 5.32 Å². The number of nitrogens with one attached hydrogen (secondary N) is 1. The zero-order valence-electron chi connectivity index (χ0n) is 12.0. The van der Waals surface area contributed by atoms with E-state index in [1.54, 1.807) is 36.2 Å². The van der Waals surface area contributed by atoms with Crippen molar-refractivity contribution in [1.29, 1.82) is 0 Å². The molecule has 2 rings (SSSR count).